The van der Waals surface area contributed by atoms with Gasteiger partial charge in [0, 0.05) is 24.3 Å². The van der Waals surface area contributed by atoms with E-state index >= 15 is 0 Å². The maximum absolute atomic E-state index is 11.6. The van der Waals surface area contributed by atoms with Crippen molar-refractivity contribution in [2.24, 2.45) is 0 Å². The molecule has 1 amide bonds. The highest BCUT2D eigenvalue weighted by Crippen LogP contribution is 2.23. The Morgan fingerprint density at radius 2 is 1.86 bits per heavy atom. The quantitative estimate of drug-likeness (QED) is 0.481. The monoisotopic (exact) mass is 291 g/mol. The molecular formula is C17H25NO3. The topological polar surface area (TPSA) is 69.6 Å². The molecule has 0 heterocycles. The van der Waals surface area contributed by atoms with Crippen molar-refractivity contribution in [2.75, 3.05) is 6.54 Å². The van der Waals surface area contributed by atoms with Crippen LogP contribution in [0.25, 0.3) is 6.08 Å². The highest BCUT2D eigenvalue weighted by molar-refractivity contribution is 5.92. The van der Waals surface area contributed by atoms with E-state index in [-0.39, 0.29) is 17.4 Å². The number of hydrogen-bond donors (Lipinski definition) is 3. The highest BCUT2D eigenvalue weighted by atomic mass is 16.3. The number of benzene rings is 1. The van der Waals surface area contributed by atoms with Gasteiger partial charge in [0.1, 0.15) is 11.5 Å². The van der Waals surface area contributed by atoms with Gasteiger partial charge in [0.15, 0.2) is 0 Å². The molecule has 4 nitrogen and oxygen atoms in total. The number of carbonyl (C=O) groups is 1. The molecule has 0 aliphatic heterocycles. The summed E-state index contributed by atoms with van der Waals surface area (Å²) in [6.07, 6.45) is 10.1. The number of hydrogen-bond acceptors (Lipinski definition) is 3. The van der Waals surface area contributed by atoms with E-state index in [1.165, 1.54) is 50.0 Å². The minimum atomic E-state index is -0.170. The Kier molecular flexibility index (Phi) is 8.02. The minimum absolute atomic E-state index is 0.00262. The van der Waals surface area contributed by atoms with E-state index in [9.17, 15) is 15.0 Å². The number of nitrogens with one attached hydrogen (secondary N) is 1. The van der Waals surface area contributed by atoms with Crippen LogP contribution in [0.2, 0.25) is 0 Å². The number of carbonyl (C=O) groups excluding carboxylic acids is 1. The van der Waals surface area contributed by atoms with Crippen molar-refractivity contribution < 1.29 is 15.0 Å². The predicted octanol–water partition coefficient (Wildman–Crippen LogP) is 3.59. The van der Waals surface area contributed by atoms with Crippen molar-refractivity contribution in [1.29, 1.82) is 0 Å². The molecule has 0 fully saturated rings. The van der Waals surface area contributed by atoms with Gasteiger partial charge < -0.3 is 15.5 Å². The van der Waals surface area contributed by atoms with Crippen molar-refractivity contribution in [3.63, 3.8) is 0 Å². The molecule has 1 rings (SSSR count). The summed E-state index contributed by atoms with van der Waals surface area (Å²) in [4.78, 5) is 11.6. The van der Waals surface area contributed by atoms with E-state index in [2.05, 4.69) is 12.2 Å². The third-order valence-electron chi connectivity index (χ3n) is 3.26. The van der Waals surface area contributed by atoms with Crippen LogP contribution < -0.4 is 5.32 Å². The average molecular weight is 291 g/mol. The van der Waals surface area contributed by atoms with Crippen molar-refractivity contribution in [1.82, 2.24) is 5.32 Å². The number of phenolic OH excluding ortho intramolecular Hbond substituents is 2. The molecule has 0 radical (unpaired) electrons. The first-order valence-electron chi connectivity index (χ1n) is 7.61. The number of rotatable bonds is 9. The van der Waals surface area contributed by atoms with Crippen LogP contribution >= 0.6 is 0 Å². The maximum Gasteiger partial charge on any atom is 0.244 e. The van der Waals surface area contributed by atoms with E-state index in [4.69, 9.17) is 0 Å². The Balaban J connectivity index is 2.22. The van der Waals surface area contributed by atoms with Crippen molar-refractivity contribution in [3.05, 3.63) is 29.8 Å². The molecule has 0 aliphatic rings. The highest BCUT2D eigenvalue weighted by Gasteiger charge is 2.00. The van der Waals surface area contributed by atoms with Crippen LogP contribution in [0, 0.1) is 0 Å². The molecule has 0 spiro atoms. The predicted molar refractivity (Wildman–Crippen MR) is 85.2 cm³/mol. The van der Waals surface area contributed by atoms with Crippen LogP contribution in [-0.4, -0.2) is 22.7 Å². The summed E-state index contributed by atoms with van der Waals surface area (Å²) >= 11 is 0. The lowest BCUT2D eigenvalue weighted by Crippen LogP contribution is -2.21. The molecule has 0 aromatic heterocycles. The van der Waals surface area contributed by atoms with Gasteiger partial charge in [-0.15, -0.1) is 0 Å². The molecule has 0 saturated carbocycles. The van der Waals surface area contributed by atoms with Gasteiger partial charge in [0.05, 0.1) is 0 Å². The van der Waals surface area contributed by atoms with Gasteiger partial charge in [0.2, 0.25) is 5.91 Å². The van der Waals surface area contributed by atoms with Gasteiger partial charge in [-0.3, -0.25) is 4.79 Å². The molecule has 21 heavy (non-hydrogen) atoms. The zero-order valence-electron chi connectivity index (χ0n) is 12.6. The van der Waals surface area contributed by atoms with Gasteiger partial charge in [-0.2, -0.15) is 0 Å². The Morgan fingerprint density at radius 3 is 2.57 bits per heavy atom. The first-order chi connectivity index (χ1) is 10.1. The fourth-order valence-corrected chi connectivity index (χ4v) is 2.01. The van der Waals surface area contributed by atoms with Gasteiger partial charge in [-0.1, -0.05) is 39.0 Å². The van der Waals surface area contributed by atoms with Gasteiger partial charge in [-0.05, 0) is 24.6 Å². The molecule has 116 valence electrons. The Hall–Kier alpha value is -1.97. The summed E-state index contributed by atoms with van der Waals surface area (Å²) in [5.74, 6) is -0.219. The zero-order chi connectivity index (χ0) is 15.5. The summed E-state index contributed by atoms with van der Waals surface area (Å²) in [6, 6.07) is 4.27. The molecule has 1 aromatic carbocycles. The van der Waals surface area contributed by atoms with Crippen LogP contribution in [0.1, 0.15) is 51.0 Å². The first-order valence-corrected chi connectivity index (χ1v) is 7.61. The summed E-state index contributed by atoms with van der Waals surface area (Å²) in [7, 11) is 0. The summed E-state index contributed by atoms with van der Waals surface area (Å²) in [5.41, 5.74) is 0.502. The lowest BCUT2D eigenvalue weighted by Gasteiger charge is -2.03. The van der Waals surface area contributed by atoms with Gasteiger partial charge in [-0.25, -0.2) is 0 Å². The fourth-order valence-electron chi connectivity index (χ4n) is 2.01. The maximum atomic E-state index is 11.6. The lowest BCUT2D eigenvalue weighted by atomic mass is 10.1. The van der Waals surface area contributed by atoms with Gasteiger partial charge >= 0.3 is 0 Å². The van der Waals surface area contributed by atoms with Crippen LogP contribution in [0.5, 0.6) is 11.5 Å². The molecule has 3 N–H and O–H groups in total. The van der Waals surface area contributed by atoms with E-state index in [1.807, 2.05) is 0 Å². The molecule has 1 aromatic rings. The number of aromatic hydroxyl groups is 2. The second-order valence-electron chi connectivity index (χ2n) is 5.14. The summed E-state index contributed by atoms with van der Waals surface area (Å²) in [5, 5.41) is 21.6. The third-order valence-corrected chi connectivity index (χ3v) is 3.26. The standard InChI is InChI=1S/C17H25NO3/c1-2-3-4-5-6-7-12-18-17(21)11-9-14-8-10-15(19)13-16(14)20/h8-11,13,19-20H,2-7,12H2,1H3,(H,18,21)/b11-9+. The van der Waals surface area contributed by atoms with Crippen LogP contribution in [0.15, 0.2) is 24.3 Å². The Labute approximate surface area is 126 Å². The van der Waals surface area contributed by atoms with Crippen molar-refractivity contribution >= 4 is 12.0 Å². The van der Waals surface area contributed by atoms with E-state index in [1.54, 1.807) is 6.07 Å². The van der Waals surface area contributed by atoms with Crippen LogP contribution in [-0.2, 0) is 4.79 Å². The minimum Gasteiger partial charge on any atom is -0.508 e. The van der Waals surface area contributed by atoms with E-state index in [0.29, 0.717) is 12.1 Å². The lowest BCUT2D eigenvalue weighted by molar-refractivity contribution is -0.116. The SMILES string of the molecule is CCCCCCCCNC(=O)/C=C/c1ccc(O)cc1O. The molecule has 0 atom stereocenters. The van der Waals surface area contributed by atoms with E-state index < -0.39 is 0 Å². The largest absolute Gasteiger partial charge is 0.508 e. The average Bonchev–Trinajstić information content (AvgIpc) is 2.45. The van der Waals surface area contributed by atoms with Crippen molar-refractivity contribution in [3.8, 4) is 11.5 Å². The molecule has 0 unspecified atom stereocenters. The zero-order valence-corrected chi connectivity index (χ0v) is 12.6. The Morgan fingerprint density at radius 1 is 1.14 bits per heavy atom. The molecule has 0 aliphatic carbocycles. The molecular weight excluding hydrogens is 266 g/mol. The molecule has 0 bridgehead atoms. The number of unbranched alkanes of at least 4 members (excludes halogenated alkanes) is 5. The van der Waals surface area contributed by atoms with Crippen molar-refractivity contribution in [2.45, 2.75) is 45.4 Å². The van der Waals surface area contributed by atoms with Crippen LogP contribution in [0.4, 0.5) is 0 Å². The molecule has 4 heteroatoms. The normalized spacial score (nSPS) is 10.9. The summed E-state index contributed by atoms with van der Waals surface area (Å²) in [6.45, 7) is 2.87. The molecule has 0 saturated heterocycles. The number of amides is 1. The van der Waals surface area contributed by atoms with Crippen LogP contribution in [0.3, 0.4) is 0 Å². The second kappa shape index (κ2) is 9.86. The van der Waals surface area contributed by atoms with E-state index in [0.717, 1.165) is 12.8 Å². The first kappa shape index (κ1) is 17.1. The number of phenols is 2. The third kappa shape index (κ3) is 7.40. The smallest absolute Gasteiger partial charge is 0.244 e. The summed E-state index contributed by atoms with van der Waals surface area (Å²) < 4.78 is 0. The Bertz CT molecular complexity index is 469. The fraction of sp³-hybridized carbons (Fsp3) is 0.471. The second-order valence-corrected chi connectivity index (χ2v) is 5.14. The van der Waals surface area contributed by atoms with Gasteiger partial charge in [0.25, 0.3) is 0 Å².